The Bertz CT molecular complexity index is 687. The van der Waals surface area contributed by atoms with Crippen molar-refractivity contribution in [3.05, 3.63) is 29.8 Å². The molecule has 25 heavy (non-hydrogen) atoms. The summed E-state index contributed by atoms with van der Waals surface area (Å²) in [4.78, 5) is 12.7. The van der Waals surface area contributed by atoms with Crippen LogP contribution in [0.5, 0.6) is 5.75 Å². The van der Waals surface area contributed by atoms with Crippen molar-refractivity contribution in [2.75, 3.05) is 7.11 Å². The molecule has 1 aliphatic carbocycles. The highest BCUT2D eigenvalue weighted by atomic mass is 19.4. The lowest BCUT2D eigenvalue weighted by Gasteiger charge is -2.37. The monoisotopic (exact) mass is 356 g/mol. The number of rotatable bonds is 2. The Kier molecular flexibility index (Phi) is 4.49. The predicted octanol–water partition coefficient (Wildman–Crippen LogP) is 3.34. The first-order valence-corrected chi connectivity index (χ1v) is 8.14. The molecule has 2 aliphatic rings. The van der Waals surface area contributed by atoms with Gasteiger partial charge in [-0.2, -0.15) is 23.3 Å². The van der Waals surface area contributed by atoms with Crippen LogP contribution in [0.4, 0.5) is 13.2 Å². The van der Waals surface area contributed by atoms with Gasteiger partial charge in [0.15, 0.2) is 0 Å². The Balaban J connectivity index is 2.00. The number of amides is 1. The van der Waals surface area contributed by atoms with E-state index in [1.165, 1.54) is 31.4 Å². The molecule has 136 valence electrons. The first-order chi connectivity index (χ1) is 11.8. The number of ether oxygens (including phenoxy) is 1. The zero-order valence-electron chi connectivity index (χ0n) is 13.7. The van der Waals surface area contributed by atoms with Crippen molar-refractivity contribution < 1.29 is 27.8 Å². The molecule has 1 amide bonds. The molecule has 0 aromatic heterocycles. The van der Waals surface area contributed by atoms with Crippen molar-refractivity contribution in [2.45, 2.75) is 44.0 Å². The van der Waals surface area contributed by atoms with E-state index < -0.39 is 23.7 Å². The molecule has 1 fully saturated rings. The van der Waals surface area contributed by atoms with Crippen molar-refractivity contribution in [1.82, 2.24) is 5.01 Å². The maximum Gasteiger partial charge on any atom is 0.439 e. The molecular formula is C17H19F3N2O3. The highest BCUT2D eigenvalue weighted by Crippen LogP contribution is 2.48. The smallest absolute Gasteiger partial charge is 0.439 e. The maximum atomic E-state index is 13.8. The van der Waals surface area contributed by atoms with E-state index in [2.05, 4.69) is 5.10 Å². The second kappa shape index (κ2) is 6.33. The SMILES string of the molecule is COc1ccc(C(=O)N2N=C3CCCCC[C@H]3[C@@]2(O)C(F)(F)F)cc1. The summed E-state index contributed by atoms with van der Waals surface area (Å²) in [5.41, 5.74) is -3.05. The fraction of sp³-hybridized carbons (Fsp3) is 0.529. The predicted molar refractivity (Wildman–Crippen MR) is 84.2 cm³/mol. The van der Waals surface area contributed by atoms with Crippen LogP contribution in [0.25, 0.3) is 0 Å². The second-order valence-electron chi connectivity index (χ2n) is 6.31. The Morgan fingerprint density at radius 2 is 1.96 bits per heavy atom. The van der Waals surface area contributed by atoms with E-state index in [1.807, 2.05) is 0 Å². The number of carbonyl (C=O) groups excluding carboxylic acids is 1. The van der Waals surface area contributed by atoms with Gasteiger partial charge < -0.3 is 9.84 Å². The fourth-order valence-corrected chi connectivity index (χ4v) is 3.45. The van der Waals surface area contributed by atoms with Crippen LogP contribution < -0.4 is 4.74 Å². The van der Waals surface area contributed by atoms with Crippen LogP contribution in [0.1, 0.15) is 42.5 Å². The van der Waals surface area contributed by atoms with E-state index in [1.54, 1.807) is 0 Å². The van der Waals surface area contributed by atoms with E-state index in [0.29, 0.717) is 25.0 Å². The number of alkyl halides is 3. The van der Waals surface area contributed by atoms with E-state index in [9.17, 15) is 23.1 Å². The Morgan fingerprint density at radius 1 is 1.28 bits per heavy atom. The summed E-state index contributed by atoms with van der Waals surface area (Å²) < 4.78 is 46.2. The molecule has 0 saturated heterocycles. The molecule has 5 nitrogen and oxygen atoms in total. The summed E-state index contributed by atoms with van der Waals surface area (Å²) >= 11 is 0. The van der Waals surface area contributed by atoms with Crippen LogP contribution in [0, 0.1) is 5.92 Å². The largest absolute Gasteiger partial charge is 0.497 e. The van der Waals surface area contributed by atoms with Crippen LogP contribution in [0.15, 0.2) is 29.4 Å². The van der Waals surface area contributed by atoms with E-state index >= 15 is 0 Å². The molecule has 2 atom stereocenters. The van der Waals surface area contributed by atoms with Crippen molar-refractivity contribution in [2.24, 2.45) is 11.0 Å². The molecule has 1 heterocycles. The minimum absolute atomic E-state index is 0.00397. The number of halogens is 3. The minimum Gasteiger partial charge on any atom is -0.497 e. The van der Waals surface area contributed by atoms with Gasteiger partial charge in [0.25, 0.3) is 11.6 Å². The van der Waals surface area contributed by atoms with Crippen LogP contribution in [0.2, 0.25) is 0 Å². The molecular weight excluding hydrogens is 337 g/mol. The van der Waals surface area contributed by atoms with Crippen molar-refractivity contribution in [3.8, 4) is 5.75 Å². The molecule has 0 spiro atoms. The quantitative estimate of drug-likeness (QED) is 0.884. The maximum absolute atomic E-state index is 13.8. The van der Waals surface area contributed by atoms with Crippen molar-refractivity contribution in [3.63, 3.8) is 0 Å². The first kappa shape index (κ1) is 17.7. The topological polar surface area (TPSA) is 62.1 Å². The van der Waals surface area contributed by atoms with Gasteiger partial charge in [0.1, 0.15) is 5.75 Å². The number of hydrogen-bond acceptors (Lipinski definition) is 4. The van der Waals surface area contributed by atoms with Gasteiger partial charge in [0, 0.05) is 11.3 Å². The molecule has 0 radical (unpaired) electrons. The van der Waals surface area contributed by atoms with Gasteiger partial charge in [-0.1, -0.05) is 12.8 Å². The molecule has 8 heteroatoms. The average Bonchev–Trinajstić information content (AvgIpc) is 2.74. The Labute approximate surface area is 143 Å². The van der Waals surface area contributed by atoms with Gasteiger partial charge in [-0.05, 0) is 43.5 Å². The highest BCUT2D eigenvalue weighted by Gasteiger charge is 2.68. The summed E-state index contributed by atoms with van der Waals surface area (Å²) in [6.45, 7) is 0. The highest BCUT2D eigenvalue weighted by molar-refractivity contribution is 5.99. The third kappa shape index (κ3) is 2.88. The summed E-state index contributed by atoms with van der Waals surface area (Å²) in [5, 5.41) is 14.7. The molecule has 1 N–H and O–H groups in total. The number of hydrazone groups is 1. The number of carbonyl (C=O) groups is 1. The van der Waals surface area contributed by atoms with Gasteiger partial charge in [0.2, 0.25) is 0 Å². The second-order valence-corrected chi connectivity index (χ2v) is 6.31. The van der Waals surface area contributed by atoms with E-state index in [4.69, 9.17) is 4.74 Å². The Morgan fingerprint density at radius 3 is 2.56 bits per heavy atom. The van der Waals surface area contributed by atoms with Gasteiger partial charge in [-0.15, -0.1) is 0 Å². The molecule has 1 aromatic rings. The third-order valence-electron chi connectivity index (χ3n) is 4.81. The van der Waals surface area contributed by atoms with E-state index in [0.717, 1.165) is 6.42 Å². The lowest BCUT2D eigenvalue weighted by Crippen LogP contribution is -2.61. The summed E-state index contributed by atoms with van der Waals surface area (Å²) in [6.07, 6.45) is -2.44. The molecule has 3 rings (SSSR count). The lowest BCUT2D eigenvalue weighted by molar-refractivity contribution is -0.312. The summed E-state index contributed by atoms with van der Waals surface area (Å²) in [5.74, 6) is -1.72. The van der Waals surface area contributed by atoms with Crippen molar-refractivity contribution in [1.29, 1.82) is 0 Å². The number of nitrogens with zero attached hydrogens (tertiary/aromatic N) is 2. The fourth-order valence-electron chi connectivity index (χ4n) is 3.45. The summed E-state index contributed by atoms with van der Waals surface area (Å²) in [6, 6.07) is 5.65. The lowest BCUT2D eigenvalue weighted by atomic mass is 9.87. The number of hydrogen-bond donors (Lipinski definition) is 1. The zero-order valence-corrected chi connectivity index (χ0v) is 13.7. The molecule has 1 saturated carbocycles. The normalized spacial score (nSPS) is 26.7. The number of benzene rings is 1. The number of aliphatic hydroxyl groups is 1. The molecule has 0 unspecified atom stereocenters. The number of fused-ring (bicyclic) bond motifs is 1. The first-order valence-electron chi connectivity index (χ1n) is 8.14. The van der Waals surface area contributed by atoms with Crippen LogP contribution in [-0.2, 0) is 0 Å². The van der Waals surface area contributed by atoms with Gasteiger partial charge in [-0.25, -0.2) is 0 Å². The summed E-state index contributed by atoms with van der Waals surface area (Å²) in [7, 11) is 1.44. The Hall–Kier alpha value is -2.09. The zero-order chi connectivity index (χ0) is 18.2. The standard InChI is InChI=1S/C17H19F3N2O3/c1-25-12-9-7-11(8-10-12)15(23)22-16(24,17(18,19)20)13-5-3-2-4-6-14(13)21-22/h7-10,13,24H,2-6H2,1H3/t13-,16-/m1/s1. The molecule has 1 aliphatic heterocycles. The number of methoxy groups -OCH3 is 1. The molecule has 0 bridgehead atoms. The van der Waals surface area contributed by atoms with E-state index in [-0.39, 0.29) is 22.7 Å². The van der Waals surface area contributed by atoms with Gasteiger partial charge in [0.05, 0.1) is 13.0 Å². The van der Waals surface area contributed by atoms with Gasteiger partial charge in [-0.3, -0.25) is 4.79 Å². The van der Waals surface area contributed by atoms with Crippen LogP contribution in [-0.4, -0.2) is 40.7 Å². The molecule has 1 aromatic carbocycles. The van der Waals surface area contributed by atoms with Gasteiger partial charge >= 0.3 is 6.18 Å². The minimum atomic E-state index is -5.00. The van der Waals surface area contributed by atoms with Crippen molar-refractivity contribution >= 4 is 11.6 Å². The third-order valence-corrected chi connectivity index (χ3v) is 4.81. The van der Waals surface area contributed by atoms with Crippen LogP contribution in [0.3, 0.4) is 0 Å². The van der Waals surface area contributed by atoms with Crippen LogP contribution >= 0.6 is 0 Å². The average molecular weight is 356 g/mol.